The van der Waals surface area contributed by atoms with E-state index in [9.17, 15) is 14.9 Å². The summed E-state index contributed by atoms with van der Waals surface area (Å²) in [6, 6.07) is 23.8. The molecule has 0 unspecified atom stereocenters. The lowest BCUT2D eigenvalue weighted by Crippen LogP contribution is -2.31. The third-order valence-electron chi connectivity index (χ3n) is 6.38. The number of rotatable bonds is 4. The van der Waals surface area contributed by atoms with Crippen LogP contribution in [0.15, 0.2) is 89.5 Å². The lowest BCUT2D eigenvalue weighted by Gasteiger charge is -2.29. The van der Waals surface area contributed by atoms with E-state index in [0.717, 1.165) is 41.7 Å². The maximum atomic E-state index is 13.7. The van der Waals surface area contributed by atoms with Gasteiger partial charge in [0.1, 0.15) is 5.02 Å². The first-order valence-corrected chi connectivity index (χ1v) is 11.6. The molecule has 1 aliphatic heterocycles. The number of hydrogen-bond donors (Lipinski definition) is 0. The number of nitro groups is 1. The SMILES string of the molecule is O=C(c1ccc(Cl)c([N+](=O)[O-])c1)N1N=C2/C(=C/c3ccccc3)CCC[C@H]2[C@H]1c1ccccc1. The first kappa shape index (κ1) is 22.0. The Bertz CT molecular complexity index is 1310. The van der Waals surface area contributed by atoms with Gasteiger partial charge in [0.25, 0.3) is 11.6 Å². The van der Waals surface area contributed by atoms with Crippen LogP contribution in [0, 0.1) is 16.0 Å². The molecule has 0 aromatic heterocycles. The van der Waals surface area contributed by atoms with E-state index in [2.05, 4.69) is 18.2 Å². The van der Waals surface area contributed by atoms with Gasteiger partial charge in [-0.2, -0.15) is 5.10 Å². The summed E-state index contributed by atoms with van der Waals surface area (Å²) in [6.07, 6.45) is 4.95. The van der Waals surface area contributed by atoms with Crippen LogP contribution in [0.5, 0.6) is 0 Å². The molecular weight excluding hydrogens is 450 g/mol. The van der Waals surface area contributed by atoms with Crippen LogP contribution in [0.25, 0.3) is 6.08 Å². The van der Waals surface area contributed by atoms with Crippen LogP contribution < -0.4 is 0 Å². The van der Waals surface area contributed by atoms with Gasteiger partial charge in [0.2, 0.25) is 0 Å². The summed E-state index contributed by atoms with van der Waals surface area (Å²) in [5, 5.41) is 17.7. The van der Waals surface area contributed by atoms with Gasteiger partial charge in [-0.25, -0.2) is 5.01 Å². The Morgan fingerprint density at radius 1 is 1.06 bits per heavy atom. The van der Waals surface area contributed by atoms with Gasteiger partial charge < -0.3 is 0 Å². The normalized spacial score (nSPS) is 20.7. The molecule has 0 saturated heterocycles. The molecule has 2 aliphatic rings. The number of fused-ring (bicyclic) bond motifs is 1. The fourth-order valence-electron chi connectivity index (χ4n) is 4.82. The number of carbonyl (C=O) groups excluding carboxylic acids is 1. The number of hydrogen-bond acceptors (Lipinski definition) is 4. The second-order valence-corrected chi connectivity index (χ2v) is 8.90. The van der Waals surface area contributed by atoms with Crippen molar-refractivity contribution >= 4 is 35.0 Å². The van der Waals surface area contributed by atoms with Crippen LogP contribution in [-0.4, -0.2) is 21.6 Å². The minimum atomic E-state index is -0.579. The van der Waals surface area contributed by atoms with Crippen molar-refractivity contribution in [3.05, 3.63) is 116 Å². The Labute approximate surface area is 202 Å². The van der Waals surface area contributed by atoms with Crippen molar-refractivity contribution < 1.29 is 9.72 Å². The fraction of sp³-hybridized carbons (Fsp3) is 0.185. The molecule has 1 amide bonds. The molecule has 6 nitrogen and oxygen atoms in total. The van der Waals surface area contributed by atoms with E-state index in [-0.39, 0.29) is 34.1 Å². The van der Waals surface area contributed by atoms with Crippen LogP contribution in [0.2, 0.25) is 5.02 Å². The number of hydrazone groups is 1. The summed E-state index contributed by atoms with van der Waals surface area (Å²) in [5.74, 6) is -0.327. The third kappa shape index (κ3) is 4.13. The first-order chi connectivity index (χ1) is 16.5. The maximum Gasteiger partial charge on any atom is 0.288 e. The van der Waals surface area contributed by atoms with Gasteiger partial charge in [-0.3, -0.25) is 14.9 Å². The molecule has 170 valence electrons. The van der Waals surface area contributed by atoms with Crippen LogP contribution in [0.1, 0.15) is 46.8 Å². The lowest BCUT2D eigenvalue weighted by molar-refractivity contribution is -0.384. The average molecular weight is 472 g/mol. The Hall–Kier alpha value is -3.77. The molecule has 5 rings (SSSR count). The summed E-state index contributed by atoms with van der Waals surface area (Å²) >= 11 is 5.97. The van der Waals surface area contributed by atoms with Gasteiger partial charge in [0, 0.05) is 17.5 Å². The largest absolute Gasteiger partial charge is 0.288 e. The van der Waals surface area contributed by atoms with Crippen molar-refractivity contribution in [2.75, 3.05) is 0 Å². The van der Waals surface area contributed by atoms with Crippen LogP contribution in [-0.2, 0) is 0 Å². The minimum Gasteiger partial charge on any atom is -0.267 e. The van der Waals surface area contributed by atoms with Crippen molar-refractivity contribution in [2.45, 2.75) is 25.3 Å². The van der Waals surface area contributed by atoms with E-state index in [4.69, 9.17) is 16.7 Å². The quantitative estimate of drug-likeness (QED) is 0.314. The summed E-state index contributed by atoms with van der Waals surface area (Å²) in [4.78, 5) is 24.5. The van der Waals surface area contributed by atoms with Crippen molar-refractivity contribution in [1.29, 1.82) is 0 Å². The molecule has 3 aromatic carbocycles. The van der Waals surface area contributed by atoms with E-state index < -0.39 is 4.92 Å². The van der Waals surface area contributed by atoms with Crippen LogP contribution >= 0.6 is 11.6 Å². The van der Waals surface area contributed by atoms with Crippen molar-refractivity contribution in [3.63, 3.8) is 0 Å². The van der Waals surface area contributed by atoms with E-state index in [1.807, 2.05) is 48.5 Å². The van der Waals surface area contributed by atoms with E-state index >= 15 is 0 Å². The van der Waals surface area contributed by atoms with E-state index in [1.54, 1.807) is 0 Å². The minimum absolute atomic E-state index is 0.00403. The second-order valence-electron chi connectivity index (χ2n) is 8.49. The Balaban J connectivity index is 1.59. The van der Waals surface area contributed by atoms with Crippen molar-refractivity contribution in [1.82, 2.24) is 5.01 Å². The Morgan fingerprint density at radius 2 is 1.76 bits per heavy atom. The maximum absolute atomic E-state index is 13.7. The van der Waals surface area contributed by atoms with Gasteiger partial charge in [0.15, 0.2) is 0 Å². The number of amides is 1. The van der Waals surface area contributed by atoms with Gasteiger partial charge in [-0.15, -0.1) is 0 Å². The molecule has 0 bridgehead atoms. The average Bonchev–Trinajstić information content (AvgIpc) is 3.25. The molecule has 7 heteroatoms. The molecule has 2 atom stereocenters. The van der Waals surface area contributed by atoms with Crippen LogP contribution in [0.3, 0.4) is 0 Å². The Kier molecular flexibility index (Phi) is 5.99. The highest BCUT2D eigenvalue weighted by atomic mass is 35.5. The summed E-state index contributed by atoms with van der Waals surface area (Å²) in [6.45, 7) is 0. The lowest BCUT2D eigenvalue weighted by atomic mass is 9.77. The number of nitro benzene ring substituents is 1. The monoisotopic (exact) mass is 471 g/mol. The highest BCUT2D eigenvalue weighted by Gasteiger charge is 2.44. The first-order valence-electron chi connectivity index (χ1n) is 11.2. The molecule has 0 N–H and O–H groups in total. The number of allylic oxidation sites excluding steroid dienone is 1. The molecule has 1 saturated carbocycles. The zero-order valence-electron chi connectivity index (χ0n) is 18.3. The highest BCUT2D eigenvalue weighted by molar-refractivity contribution is 6.32. The summed E-state index contributed by atoms with van der Waals surface area (Å²) in [7, 11) is 0. The number of nitrogens with zero attached hydrogens (tertiary/aromatic N) is 3. The van der Waals surface area contributed by atoms with Gasteiger partial charge in [-0.1, -0.05) is 72.3 Å². The smallest absolute Gasteiger partial charge is 0.267 e. The summed E-state index contributed by atoms with van der Waals surface area (Å²) in [5.41, 5.74) is 4.02. The zero-order chi connectivity index (χ0) is 23.7. The number of halogens is 1. The second kappa shape index (κ2) is 9.23. The molecule has 1 fully saturated rings. The van der Waals surface area contributed by atoms with Gasteiger partial charge in [-0.05, 0) is 54.2 Å². The van der Waals surface area contributed by atoms with Crippen molar-refractivity contribution in [2.24, 2.45) is 11.0 Å². The van der Waals surface area contributed by atoms with E-state index in [1.165, 1.54) is 23.2 Å². The predicted molar refractivity (Wildman–Crippen MR) is 133 cm³/mol. The molecule has 1 heterocycles. The topological polar surface area (TPSA) is 75.8 Å². The molecule has 0 radical (unpaired) electrons. The zero-order valence-corrected chi connectivity index (χ0v) is 19.1. The standard InChI is InChI=1S/C27H22ClN3O3/c28-23-15-14-21(17-24(23)31(33)34)27(32)30-26(19-10-5-2-6-11-19)22-13-7-12-20(25(22)29-30)16-18-8-3-1-4-9-18/h1-6,8-11,14-17,22,26H,7,12-13H2/b20-16+/t22-,26-/m1/s1. The molecule has 3 aromatic rings. The number of carbonyl (C=O) groups is 1. The molecular formula is C27H22ClN3O3. The summed E-state index contributed by atoms with van der Waals surface area (Å²) < 4.78 is 0. The highest BCUT2D eigenvalue weighted by Crippen LogP contribution is 2.45. The Morgan fingerprint density at radius 3 is 2.47 bits per heavy atom. The van der Waals surface area contributed by atoms with Crippen LogP contribution in [0.4, 0.5) is 5.69 Å². The van der Waals surface area contributed by atoms with Gasteiger partial charge in [0.05, 0.1) is 16.7 Å². The van der Waals surface area contributed by atoms with E-state index in [0.29, 0.717) is 0 Å². The number of benzene rings is 3. The van der Waals surface area contributed by atoms with Gasteiger partial charge >= 0.3 is 0 Å². The predicted octanol–water partition coefficient (Wildman–Crippen LogP) is 6.69. The van der Waals surface area contributed by atoms with Crippen molar-refractivity contribution in [3.8, 4) is 0 Å². The third-order valence-corrected chi connectivity index (χ3v) is 6.70. The fourth-order valence-corrected chi connectivity index (χ4v) is 5.01. The molecule has 1 aliphatic carbocycles. The molecule has 0 spiro atoms. The molecule has 34 heavy (non-hydrogen) atoms.